The molecule has 1 aliphatic rings. The number of nitrogens with zero attached hydrogens (tertiary/aromatic N) is 2. The van der Waals surface area contributed by atoms with Gasteiger partial charge in [0.25, 0.3) is 11.5 Å². The van der Waals surface area contributed by atoms with Gasteiger partial charge in [-0.1, -0.05) is 19.8 Å². The maximum absolute atomic E-state index is 12.6. The molecule has 3 atom stereocenters. The Morgan fingerprint density at radius 2 is 2.07 bits per heavy atom. The van der Waals surface area contributed by atoms with E-state index in [0.29, 0.717) is 26.6 Å². The normalized spacial score (nSPS) is 21.0. The zero-order valence-electron chi connectivity index (χ0n) is 16.1. The van der Waals surface area contributed by atoms with E-state index in [0.717, 1.165) is 30.6 Å². The fraction of sp³-hybridized carbons (Fsp3) is 0.579. The maximum Gasteiger partial charge on any atom is 0.349 e. The van der Waals surface area contributed by atoms with E-state index in [1.165, 1.54) is 17.3 Å². The standard InChI is InChI=1S/C19H25N3O4S/c1-10-7-5-6-8-13(10)21-16(23)12(3)26-19(25)15-11(2)14-17(27-15)20-9-22(4)18(14)24/h9-10,12-13H,5-8H2,1-4H3,(H,21,23). The monoisotopic (exact) mass is 391 g/mol. The van der Waals surface area contributed by atoms with Crippen LogP contribution < -0.4 is 10.9 Å². The molecule has 8 heteroatoms. The van der Waals surface area contributed by atoms with E-state index in [-0.39, 0.29) is 17.5 Å². The minimum Gasteiger partial charge on any atom is -0.448 e. The number of aromatic nitrogens is 2. The fourth-order valence-corrected chi connectivity index (χ4v) is 4.52. The topological polar surface area (TPSA) is 90.3 Å². The van der Waals surface area contributed by atoms with Gasteiger partial charge in [-0.2, -0.15) is 0 Å². The number of carbonyl (C=O) groups excluding carboxylic acids is 2. The highest BCUT2D eigenvalue weighted by atomic mass is 32.1. The fourth-order valence-electron chi connectivity index (χ4n) is 3.50. The summed E-state index contributed by atoms with van der Waals surface area (Å²) in [6.45, 7) is 5.41. The Balaban J connectivity index is 1.72. The number of amides is 1. The molecule has 1 amide bonds. The number of hydrogen-bond donors (Lipinski definition) is 1. The molecule has 0 aliphatic heterocycles. The Kier molecular flexibility index (Phi) is 5.64. The van der Waals surface area contributed by atoms with Gasteiger partial charge in [-0.3, -0.25) is 9.59 Å². The van der Waals surface area contributed by atoms with Gasteiger partial charge in [0, 0.05) is 13.1 Å². The van der Waals surface area contributed by atoms with Crippen LogP contribution in [-0.4, -0.2) is 33.6 Å². The number of rotatable bonds is 4. The molecule has 1 N–H and O–H groups in total. The van der Waals surface area contributed by atoms with Gasteiger partial charge in [0.15, 0.2) is 6.10 Å². The molecule has 3 unspecified atom stereocenters. The van der Waals surface area contributed by atoms with Gasteiger partial charge in [-0.25, -0.2) is 9.78 Å². The van der Waals surface area contributed by atoms with Crippen LogP contribution in [0.5, 0.6) is 0 Å². The van der Waals surface area contributed by atoms with Crippen LogP contribution in [0.15, 0.2) is 11.1 Å². The molecule has 1 aliphatic carbocycles. The van der Waals surface area contributed by atoms with E-state index < -0.39 is 12.1 Å². The Morgan fingerprint density at radius 1 is 1.37 bits per heavy atom. The molecule has 2 aromatic heterocycles. The number of fused-ring (bicyclic) bond motifs is 1. The van der Waals surface area contributed by atoms with Crippen molar-refractivity contribution in [1.29, 1.82) is 0 Å². The van der Waals surface area contributed by atoms with Crippen molar-refractivity contribution in [3.8, 4) is 0 Å². The van der Waals surface area contributed by atoms with Crippen LogP contribution in [0.25, 0.3) is 10.2 Å². The van der Waals surface area contributed by atoms with Crippen molar-refractivity contribution in [1.82, 2.24) is 14.9 Å². The molecule has 1 saturated carbocycles. The van der Waals surface area contributed by atoms with Crippen LogP contribution in [0.3, 0.4) is 0 Å². The molecule has 0 spiro atoms. The highest BCUT2D eigenvalue weighted by molar-refractivity contribution is 7.20. The second-order valence-electron chi connectivity index (χ2n) is 7.32. The van der Waals surface area contributed by atoms with Gasteiger partial charge < -0.3 is 14.6 Å². The molecule has 2 aromatic rings. The van der Waals surface area contributed by atoms with Gasteiger partial charge in [0.2, 0.25) is 0 Å². The van der Waals surface area contributed by atoms with E-state index in [1.807, 2.05) is 0 Å². The predicted octanol–water partition coefficient (Wildman–Crippen LogP) is 2.54. The molecule has 0 bridgehead atoms. The number of aryl methyl sites for hydroxylation is 2. The minimum atomic E-state index is -0.896. The molecule has 27 heavy (non-hydrogen) atoms. The third-order valence-electron chi connectivity index (χ3n) is 5.29. The van der Waals surface area contributed by atoms with Crippen molar-refractivity contribution in [3.63, 3.8) is 0 Å². The van der Waals surface area contributed by atoms with Crippen molar-refractivity contribution >= 4 is 33.4 Å². The summed E-state index contributed by atoms with van der Waals surface area (Å²) >= 11 is 1.11. The van der Waals surface area contributed by atoms with Crippen molar-refractivity contribution in [2.24, 2.45) is 13.0 Å². The molecule has 3 rings (SSSR count). The first-order valence-corrected chi connectivity index (χ1v) is 10.1. The summed E-state index contributed by atoms with van der Waals surface area (Å²) in [4.78, 5) is 42.3. The van der Waals surface area contributed by atoms with E-state index in [1.54, 1.807) is 20.9 Å². The van der Waals surface area contributed by atoms with Gasteiger partial charge in [-0.05, 0) is 38.2 Å². The number of thiophene rings is 1. The molecular weight excluding hydrogens is 366 g/mol. The number of ether oxygens (including phenoxy) is 1. The van der Waals surface area contributed by atoms with Gasteiger partial charge >= 0.3 is 5.97 Å². The van der Waals surface area contributed by atoms with Gasteiger partial charge in [0.05, 0.1) is 11.7 Å². The zero-order valence-corrected chi connectivity index (χ0v) is 16.9. The smallest absolute Gasteiger partial charge is 0.349 e. The molecule has 0 radical (unpaired) electrons. The average molecular weight is 391 g/mol. The summed E-state index contributed by atoms with van der Waals surface area (Å²) in [6, 6.07) is 0.130. The quantitative estimate of drug-likeness (QED) is 0.809. The van der Waals surface area contributed by atoms with E-state index in [2.05, 4.69) is 17.2 Å². The second-order valence-corrected chi connectivity index (χ2v) is 8.32. The molecule has 146 valence electrons. The lowest BCUT2D eigenvalue weighted by Gasteiger charge is -2.30. The second kappa shape index (κ2) is 7.80. The van der Waals surface area contributed by atoms with Crippen molar-refractivity contribution in [2.45, 2.75) is 58.6 Å². The molecule has 2 heterocycles. The number of nitrogens with one attached hydrogen (secondary N) is 1. The highest BCUT2D eigenvalue weighted by Crippen LogP contribution is 2.28. The molecular formula is C19H25N3O4S. The Labute approximate surface area is 161 Å². The lowest BCUT2D eigenvalue weighted by Crippen LogP contribution is -2.45. The Hall–Kier alpha value is -2.22. The zero-order chi connectivity index (χ0) is 19.7. The average Bonchev–Trinajstić information content (AvgIpc) is 2.97. The summed E-state index contributed by atoms with van der Waals surface area (Å²) in [7, 11) is 1.61. The summed E-state index contributed by atoms with van der Waals surface area (Å²) in [5.41, 5.74) is 0.340. The third kappa shape index (κ3) is 3.90. The van der Waals surface area contributed by atoms with E-state index in [9.17, 15) is 14.4 Å². The maximum atomic E-state index is 12.6. The summed E-state index contributed by atoms with van der Waals surface area (Å²) in [5, 5.41) is 3.43. The molecule has 0 saturated heterocycles. The molecule has 1 fully saturated rings. The first kappa shape index (κ1) is 19.5. The van der Waals surface area contributed by atoms with Crippen molar-refractivity contribution in [2.75, 3.05) is 0 Å². The first-order chi connectivity index (χ1) is 12.8. The minimum absolute atomic E-state index is 0.130. The van der Waals surface area contributed by atoms with E-state index in [4.69, 9.17) is 4.74 Å². The summed E-state index contributed by atoms with van der Waals surface area (Å²) in [6.07, 6.45) is 4.88. The molecule has 7 nitrogen and oxygen atoms in total. The van der Waals surface area contributed by atoms with Crippen LogP contribution in [0, 0.1) is 12.8 Å². The van der Waals surface area contributed by atoms with Crippen molar-refractivity contribution in [3.05, 3.63) is 27.1 Å². The first-order valence-electron chi connectivity index (χ1n) is 9.25. The van der Waals surface area contributed by atoms with E-state index >= 15 is 0 Å². The summed E-state index contributed by atoms with van der Waals surface area (Å²) < 4.78 is 6.75. The number of hydrogen-bond acceptors (Lipinski definition) is 6. The van der Waals surface area contributed by atoms with Crippen LogP contribution in [0.1, 0.15) is 54.8 Å². The van der Waals surface area contributed by atoms with Crippen LogP contribution in [-0.2, 0) is 16.6 Å². The summed E-state index contributed by atoms with van der Waals surface area (Å²) in [5.74, 6) is -0.454. The predicted molar refractivity (Wildman–Crippen MR) is 104 cm³/mol. The third-order valence-corrected chi connectivity index (χ3v) is 6.47. The van der Waals surface area contributed by atoms with Crippen LogP contribution in [0.4, 0.5) is 0 Å². The lowest BCUT2D eigenvalue weighted by atomic mass is 9.86. The largest absolute Gasteiger partial charge is 0.448 e. The number of esters is 1. The van der Waals surface area contributed by atoms with Gasteiger partial charge in [-0.15, -0.1) is 11.3 Å². The van der Waals surface area contributed by atoms with Crippen LogP contribution >= 0.6 is 11.3 Å². The van der Waals surface area contributed by atoms with Crippen molar-refractivity contribution < 1.29 is 14.3 Å². The van der Waals surface area contributed by atoms with Crippen LogP contribution in [0.2, 0.25) is 0 Å². The lowest BCUT2D eigenvalue weighted by molar-refractivity contribution is -0.130. The Bertz CT molecular complexity index is 933. The molecule has 0 aromatic carbocycles. The SMILES string of the molecule is Cc1c(C(=O)OC(C)C(=O)NC2CCCCC2C)sc2ncn(C)c(=O)c12. The highest BCUT2D eigenvalue weighted by Gasteiger charge is 2.28. The Morgan fingerprint density at radius 3 is 2.78 bits per heavy atom. The van der Waals surface area contributed by atoms with Gasteiger partial charge in [0.1, 0.15) is 9.71 Å². The number of carbonyl (C=O) groups is 2.